The molecule has 0 bridgehead atoms. The predicted molar refractivity (Wildman–Crippen MR) is 169 cm³/mol. The number of benzene rings is 4. The van der Waals surface area contributed by atoms with E-state index in [1.807, 2.05) is 0 Å². The first kappa shape index (κ1) is 24.5. The fourth-order valence-corrected chi connectivity index (χ4v) is 6.61. The third-order valence-electron chi connectivity index (χ3n) is 8.72. The number of anilines is 2. The Kier molecular flexibility index (Phi) is 5.85. The van der Waals surface area contributed by atoms with E-state index in [1.165, 1.54) is 73.2 Å². The van der Waals surface area contributed by atoms with Gasteiger partial charge in [-0.2, -0.15) is 0 Å². The van der Waals surface area contributed by atoms with Crippen LogP contribution >= 0.6 is 0 Å². The zero-order chi connectivity index (χ0) is 27.4. The lowest BCUT2D eigenvalue weighted by Crippen LogP contribution is -2.30. The van der Waals surface area contributed by atoms with Crippen molar-refractivity contribution in [2.75, 3.05) is 23.9 Å². The smallest absolute Gasteiger partial charge is 0.281 e. The summed E-state index contributed by atoms with van der Waals surface area (Å²) >= 11 is 0. The molecule has 0 unspecified atom stereocenters. The van der Waals surface area contributed by atoms with E-state index < -0.39 is 0 Å². The van der Waals surface area contributed by atoms with Gasteiger partial charge >= 0.3 is 0 Å². The molecular weight excluding hydrogens is 488 g/mol. The molecule has 1 aromatic heterocycles. The summed E-state index contributed by atoms with van der Waals surface area (Å²) in [4.78, 5) is 4.63. The van der Waals surface area contributed by atoms with Gasteiger partial charge in [0.2, 0.25) is 0 Å². The minimum atomic E-state index is 1.11. The molecule has 0 radical (unpaired) electrons. The second-order valence-electron chi connectivity index (χ2n) is 11.1. The van der Waals surface area contributed by atoms with Crippen LogP contribution in [0.25, 0.3) is 38.7 Å². The molecular formula is C36H35N4+. The van der Waals surface area contributed by atoms with Crippen LogP contribution in [0, 0.1) is 0 Å². The highest BCUT2D eigenvalue weighted by Crippen LogP contribution is 2.44. The monoisotopic (exact) mass is 523 g/mol. The minimum Gasteiger partial charge on any atom is -0.329 e. The molecule has 0 saturated heterocycles. The van der Waals surface area contributed by atoms with Crippen molar-refractivity contribution in [3.8, 4) is 0 Å². The fraction of sp³-hybridized carbons (Fsp3) is 0.194. The number of imidazole rings is 1. The number of aryl methyl sites for hydroxylation is 2. The van der Waals surface area contributed by atoms with E-state index in [1.54, 1.807) is 0 Å². The van der Waals surface area contributed by atoms with Crippen LogP contribution in [0.1, 0.15) is 25.1 Å². The van der Waals surface area contributed by atoms with Gasteiger partial charge in [-0.25, -0.2) is 9.13 Å². The van der Waals surface area contributed by atoms with E-state index >= 15 is 0 Å². The lowest BCUT2D eigenvalue weighted by molar-refractivity contribution is -0.646. The van der Waals surface area contributed by atoms with Gasteiger partial charge in [0.1, 0.15) is 5.82 Å². The van der Waals surface area contributed by atoms with E-state index in [-0.39, 0.29) is 0 Å². The maximum Gasteiger partial charge on any atom is 0.281 e. The maximum absolute atomic E-state index is 2.38. The van der Waals surface area contributed by atoms with E-state index in [4.69, 9.17) is 0 Å². The molecule has 0 fully saturated rings. The molecule has 40 heavy (non-hydrogen) atoms. The molecule has 0 N–H and O–H groups in total. The SMILES string of the molecule is CN1C(=CC=C2C=C(C=Cc3n(C)c4ccc5ccccc5c4[n+]3C)CCC2)N(C)c2c1ccc1ccccc21. The zero-order valence-electron chi connectivity index (χ0n) is 23.7. The van der Waals surface area contributed by atoms with Crippen molar-refractivity contribution in [1.82, 2.24) is 4.57 Å². The quantitative estimate of drug-likeness (QED) is 0.224. The topological polar surface area (TPSA) is 15.3 Å². The van der Waals surface area contributed by atoms with Crippen molar-refractivity contribution < 1.29 is 4.57 Å². The Balaban J connectivity index is 1.19. The molecule has 198 valence electrons. The molecule has 2 heterocycles. The number of rotatable bonds is 3. The molecule has 4 heteroatoms. The van der Waals surface area contributed by atoms with Crippen LogP contribution < -0.4 is 14.4 Å². The highest BCUT2D eigenvalue weighted by molar-refractivity contribution is 6.04. The van der Waals surface area contributed by atoms with Gasteiger partial charge in [0.25, 0.3) is 5.82 Å². The lowest BCUT2D eigenvalue weighted by atomic mass is 9.94. The summed E-state index contributed by atoms with van der Waals surface area (Å²) in [6.07, 6.45) is 15.0. The highest BCUT2D eigenvalue weighted by Gasteiger charge is 2.27. The van der Waals surface area contributed by atoms with Gasteiger partial charge in [-0.1, -0.05) is 66.8 Å². The van der Waals surface area contributed by atoms with Crippen LogP contribution in [-0.4, -0.2) is 18.7 Å². The number of hydrogen-bond donors (Lipinski definition) is 0. The Hall–Kier alpha value is -4.57. The van der Waals surface area contributed by atoms with Gasteiger partial charge in [0.05, 0.1) is 25.5 Å². The second kappa shape index (κ2) is 9.56. The van der Waals surface area contributed by atoms with Crippen molar-refractivity contribution >= 4 is 50.0 Å². The average molecular weight is 524 g/mol. The Morgan fingerprint density at radius 3 is 2.27 bits per heavy atom. The first-order chi connectivity index (χ1) is 19.5. The predicted octanol–water partition coefficient (Wildman–Crippen LogP) is 7.79. The molecule has 4 aromatic carbocycles. The normalized spacial score (nSPS) is 17.8. The summed E-state index contributed by atoms with van der Waals surface area (Å²) in [6.45, 7) is 0. The number of nitrogens with zero attached hydrogens (tertiary/aromatic N) is 4. The molecule has 0 spiro atoms. The third-order valence-corrected chi connectivity index (χ3v) is 8.72. The van der Waals surface area contributed by atoms with Crippen molar-refractivity contribution in [2.24, 2.45) is 14.1 Å². The second-order valence-corrected chi connectivity index (χ2v) is 11.1. The summed E-state index contributed by atoms with van der Waals surface area (Å²) in [5.41, 5.74) is 7.84. The van der Waals surface area contributed by atoms with E-state index in [9.17, 15) is 0 Å². The van der Waals surface area contributed by atoms with Crippen LogP contribution in [0.2, 0.25) is 0 Å². The van der Waals surface area contributed by atoms with E-state index in [0.29, 0.717) is 0 Å². The molecule has 0 amide bonds. The Morgan fingerprint density at radius 2 is 1.45 bits per heavy atom. The summed E-state index contributed by atoms with van der Waals surface area (Å²) < 4.78 is 4.63. The highest BCUT2D eigenvalue weighted by atomic mass is 15.4. The lowest BCUT2D eigenvalue weighted by Gasteiger charge is -2.18. The molecule has 0 atom stereocenters. The molecule has 0 saturated carbocycles. The number of hydrogen-bond acceptors (Lipinski definition) is 2. The minimum absolute atomic E-state index is 1.11. The van der Waals surface area contributed by atoms with Gasteiger partial charge in [0.15, 0.2) is 11.0 Å². The summed E-state index contributed by atoms with van der Waals surface area (Å²) in [5.74, 6) is 2.40. The summed E-state index contributed by atoms with van der Waals surface area (Å²) in [6, 6.07) is 26.2. The van der Waals surface area contributed by atoms with Crippen LogP contribution in [0.4, 0.5) is 11.4 Å². The van der Waals surface area contributed by atoms with Crippen LogP contribution in [-0.2, 0) is 14.1 Å². The van der Waals surface area contributed by atoms with Crippen molar-refractivity contribution in [1.29, 1.82) is 0 Å². The Bertz CT molecular complexity index is 1930. The Labute approximate surface area is 236 Å². The van der Waals surface area contributed by atoms with Crippen LogP contribution in [0.15, 0.2) is 114 Å². The van der Waals surface area contributed by atoms with Crippen molar-refractivity contribution in [3.05, 3.63) is 120 Å². The Morgan fingerprint density at radius 1 is 0.725 bits per heavy atom. The van der Waals surface area contributed by atoms with Crippen LogP contribution in [0.3, 0.4) is 0 Å². The molecule has 1 aliphatic carbocycles. The van der Waals surface area contributed by atoms with Crippen LogP contribution in [0.5, 0.6) is 0 Å². The third kappa shape index (κ3) is 3.86. The molecule has 5 aromatic rings. The maximum atomic E-state index is 2.38. The molecule has 1 aliphatic heterocycles. The number of fused-ring (bicyclic) bond motifs is 6. The van der Waals surface area contributed by atoms with E-state index in [2.05, 4.69) is 150 Å². The van der Waals surface area contributed by atoms with Gasteiger partial charge in [-0.05, 0) is 71.5 Å². The fourth-order valence-electron chi connectivity index (χ4n) is 6.61. The first-order valence-electron chi connectivity index (χ1n) is 14.2. The first-order valence-corrected chi connectivity index (χ1v) is 14.2. The molecule has 4 nitrogen and oxygen atoms in total. The summed E-state index contributed by atoms with van der Waals surface area (Å²) in [7, 11) is 8.69. The number of aromatic nitrogens is 2. The molecule has 7 rings (SSSR count). The standard InChI is InChI=1S/C36H35N4/c1-37-31-20-18-27-12-5-7-14-29(27)35(31)39(3)33(37)22-16-25-10-9-11-26(24-25)17-23-34-38(2)32-21-19-28-13-6-8-15-30(28)36(32)40(34)4/h5-8,12-24H,9-11H2,1-4H3/q+1. The zero-order valence-corrected chi connectivity index (χ0v) is 23.7. The van der Waals surface area contributed by atoms with Gasteiger partial charge in [0, 0.05) is 30.9 Å². The average Bonchev–Trinajstić information content (AvgIpc) is 3.39. The van der Waals surface area contributed by atoms with Gasteiger partial charge < -0.3 is 9.80 Å². The molecule has 2 aliphatic rings. The summed E-state index contributed by atoms with van der Waals surface area (Å²) in [5, 5.41) is 5.15. The van der Waals surface area contributed by atoms with Gasteiger partial charge in [-0.15, -0.1) is 0 Å². The number of allylic oxidation sites excluding steroid dienone is 6. The largest absolute Gasteiger partial charge is 0.329 e. The van der Waals surface area contributed by atoms with Crippen molar-refractivity contribution in [3.63, 3.8) is 0 Å². The van der Waals surface area contributed by atoms with E-state index in [0.717, 1.165) is 12.8 Å². The van der Waals surface area contributed by atoms with Gasteiger partial charge in [-0.3, -0.25) is 0 Å². The van der Waals surface area contributed by atoms with Crippen molar-refractivity contribution in [2.45, 2.75) is 19.3 Å².